The first kappa shape index (κ1) is 14.1. The molecule has 2 atom stereocenters. The third-order valence-corrected chi connectivity index (χ3v) is 4.26. The van der Waals surface area contributed by atoms with E-state index in [9.17, 15) is 0 Å². The van der Waals surface area contributed by atoms with Crippen molar-refractivity contribution >= 4 is 22.7 Å². The Kier molecular flexibility index (Phi) is 3.92. The van der Waals surface area contributed by atoms with E-state index in [1.165, 1.54) is 19.3 Å². The molecular formula is C16H23N5. The third kappa shape index (κ3) is 2.78. The molecule has 3 rings (SSSR count). The van der Waals surface area contributed by atoms with Gasteiger partial charge in [0.25, 0.3) is 0 Å². The van der Waals surface area contributed by atoms with E-state index >= 15 is 0 Å². The van der Waals surface area contributed by atoms with Crippen LogP contribution < -0.4 is 10.7 Å². The Labute approximate surface area is 125 Å². The van der Waals surface area contributed by atoms with Crippen LogP contribution in [-0.2, 0) is 0 Å². The normalized spacial score (nSPS) is 23.2. The highest BCUT2D eigenvalue weighted by atomic mass is 15.5. The Morgan fingerprint density at radius 2 is 1.81 bits per heavy atom. The largest absolute Gasteiger partial charge is 0.357 e. The minimum absolute atomic E-state index is 0.514. The van der Waals surface area contributed by atoms with Crippen molar-refractivity contribution in [3.63, 3.8) is 0 Å². The summed E-state index contributed by atoms with van der Waals surface area (Å²) in [6.07, 6.45) is 3.74. The van der Waals surface area contributed by atoms with Crippen LogP contribution in [0.2, 0.25) is 0 Å². The highest BCUT2D eigenvalue weighted by Crippen LogP contribution is 2.27. The number of nitrogens with zero attached hydrogens (tertiary/aromatic N) is 3. The van der Waals surface area contributed by atoms with Gasteiger partial charge in [-0.25, -0.2) is 9.99 Å². The molecule has 0 aliphatic carbocycles. The van der Waals surface area contributed by atoms with Crippen LogP contribution in [0, 0.1) is 0 Å². The van der Waals surface area contributed by atoms with Gasteiger partial charge in [-0.05, 0) is 38.8 Å². The smallest absolute Gasteiger partial charge is 0.225 e. The lowest BCUT2D eigenvalue weighted by molar-refractivity contribution is 0.135. The van der Waals surface area contributed by atoms with Crippen LogP contribution in [0.5, 0.6) is 0 Å². The predicted molar refractivity (Wildman–Crippen MR) is 87.3 cm³/mol. The number of hydrogen-bond acceptors (Lipinski definition) is 5. The number of aromatic nitrogens is 2. The molecule has 2 aromatic rings. The molecule has 1 aliphatic rings. The number of benzene rings is 1. The second kappa shape index (κ2) is 5.85. The van der Waals surface area contributed by atoms with Gasteiger partial charge in [-0.15, -0.1) is 0 Å². The van der Waals surface area contributed by atoms with Crippen molar-refractivity contribution in [1.82, 2.24) is 15.0 Å². The molecule has 1 aromatic carbocycles. The zero-order chi connectivity index (χ0) is 14.8. The van der Waals surface area contributed by atoms with Gasteiger partial charge in [-0.1, -0.05) is 18.6 Å². The third-order valence-electron chi connectivity index (χ3n) is 4.26. The van der Waals surface area contributed by atoms with Crippen molar-refractivity contribution in [3.8, 4) is 0 Å². The van der Waals surface area contributed by atoms with E-state index in [4.69, 9.17) is 0 Å². The maximum Gasteiger partial charge on any atom is 0.225 e. The molecule has 1 aliphatic heterocycles. The van der Waals surface area contributed by atoms with Gasteiger partial charge in [-0.2, -0.15) is 4.98 Å². The minimum atomic E-state index is 0.514. The van der Waals surface area contributed by atoms with Crippen molar-refractivity contribution in [2.24, 2.45) is 0 Å². The van der Waals surface area contributed by atoms with Gasteiger partial charge < -0.3 is 10.7 Å². The summed E-state index contributed by atoms with van der Waals surface area (Å²) in [4.78, 5) is 9.11. The Bertz CT molecular complexity index is 617. The molecule has 2 N–H and O–H groups in total. The molecule has 0 spiro atoms. The number of anilines is 2. The first-order valence-corrected chi connectivity index (χ1v) is 7.68. The summed E-state index contributed by atoms with van der Waals surface area (Å²) < 4.78 is 0. The van der Waals surface area contributed by atoms with Crippen molar-refractivity contribution in [2.45, 2.75) is 45.2 Å². The zero-order valence-corrected chi connectivity index (χ0v) is 12.9. The Balaban J connectivity index is 1.98. The van der Waals surface area contributed by atoms with E-state index in [-0.39, 0.29) is 0 Å². The fraction of sp³-hybridized carbons (Fsp3) is 0.500. The number of hydrogen-bond donors (Lipinski definition) is 2. The number of fused-ring (bicyclic) bond motifs is 1. The highest BCUT2D eigenvalue weighted by Gasteiger charge is 2.25. The zero-order valence-electron chi connectivity index (χ0n) is 12.9. The summed E-state index contributed by atoms with van der Waals surface area (Å²) in [5, 5.41) is 6.43. The maximum atomic E-state index is 4.61. The van der Waals surface area contributed by atoms with Crippen molar-refractivity contribution in [2.75, 3.05) is 17.8 Å². The molecule has 0 bridgehead atoms. The van der Waals surface area contributed by atoms with Crippen molar-refractivity contribution < 1.29 is 0 Å². The van der Waals surface area contributed by atoms with Crippen LogP contribution in [0.25, 0.3) is 10.9 Å². The quantitative estimate of drug-likeness (QED) is 0.906. The topological polar surface area (TPSA) is 53.1 Å². The number of piperidine rings is 1. The fourth-order valence-electron chi connectivity index (χ4n) is 3.04. The van der Waals surface area contributed by atoms with E-state index in [0.29, 0.717) is 18.0 Å². The summed E-state index contributed by atoms with van der Waals surface area (Å²) in [6, 6.07) is 9.15. The molecule has 2 heterocycles. The van der Waals surface area contributed by atoms with Crippen LogP contribution >= 0.6 is 0 Å². The van der Waals surface area contributed by atoms with Gasteiger partial charge in [0, 0.05) is 24.5 Å². The number of hydrazine groups is 1. The molecule has 0 saturated carbocycles. The Hall–Kier alpha value is -1.88. The average Bonchev–Trinajstić information content (AvgIpc) is 2.50. The van der Waals surface area contributed by atoms with E-state index in [1.807, 2.05) is 25.2 Å². The molecule has 1 fully saturated rings. The van der Waals surface area contributed by atoms with Gasteiger partial charge in [0.1, 0.15) is 0 Å². The summed E-state index contributed by atoms with van der Waals surface area (Å²) in [5.74, 6) is 1.53. The van der Waals surface area contributed by atoms with Gasteiger partial charge in [0.05, 0.1) is 5.52 Å². The number of nitrogens with one attached hydrogen (secondary N) is 2. The average molecular weight is 285 g/mol. The number of rotatable bonds is 3. The molecular weight excluding hydrogens is 262 g/mol. The number of para-hydroxylation sites is 1. The SMILES string of the molecule is CNc1nc(NN2C(C)CCCC2C)c2ccccc2n1. The molecule has 1 aromatic heterocycles. The molecule has 21 heavy (non-hydrogen) atoms. The van der Waals surface area contributed by atoms with E-state index in [1.54, 1.807) is 0 Å². The maximum absolute atomic E-state index is 4.61. The van der Waals surface area contributed by atoms with Crippen LogP contribution in [0.1, 0.15) is 33.1 Å². The lowest BCUT2D eigenvalue weighted by Crippen LogP contribution is -2.47. The molecule has 112 valence electrons. The lowest BCUT2D eigenvalue weighted by Gasteiger charge is -2.39. The van der Waals surface area contributed by atoms with E-state index in [2.05, 4.69) is 45.6 Å². The molecule has 0 amide bonds. The second-order valence-electron chi connectivity index (χ2n) is 5.81. The molecule has 5 heteroatoms. The van der Waals surface area contributed by atoms with Crippen LogP contribution in [0.4, 0.5) is 11.8 Å². The van der Waals surface area contributed by atoms with Gasteiger partial charge in [-0.3, -0.25) is 0 Å². The van der Waals surface area contributed by atoms with Crippen LogP contribution in [0.3, 0.4) is 0 Å². The molecule has 5 nitrogen and oxygen atoms in total. The molecule has 0 radical (unpaired) electrons. The fourth-order valence-corrected chi connectivity index (χ4v) is 3.04. The van der Waals surface area contributed by atoms with Crippen molar-refractivity contribution in [3.05, 3.63) is 24.3 Å². The molecule has 2 unspecified atom stereocenters. The highest BCUT2D eigenvalue weighted by molar-refractivity contribution is 5.89. The minimum Gasteiger partial charge on any atom is -0.357 e. The summed E-state index contributed by atoms with van der Waals surface area (Å²) in [6.45, 7) is 4.54. The van der Waals surface area contributed by atoms with Crippen LogP contribution in [0.15, 0.2) is 24.3 Å². The summed E-state index contributed by atoms with van der Waals surface area (Å²) in [5.41, 5.74) is 4.50. The second-order valence-corrected chi connectivity index (χ2v) is 5.81. The monoisotopic (exact) mass is 285 g/mol. The van der Waals surface area contributed by atoms with Gasteiger partial charge >= 0.3 is 0 Å². The lowest BCUT2D eigenvalue weighted by atomic mass is 10.00. The van der Waals surface area contributed by atoms with Crippen molar-refractivity contribution in [1.29, 1.82) is 0 Å². The Morgan fingerprint density at radius 3 is 2.52 bits per heavy atom. The predicted octanol–water partition coefficient (Wildman–Crippen LogP) is 3.26. The van der Waals surface area contributed by atoms with Crippen LogP contribution in [-0.4, -0.2) is 34.1 Å². The summed E-state index contributed by atoms with van der Waals surface area (Å²) >= 11 is 0. The summed E-state index contributed by atoms with van der Waals surface area (Å²) in [7, 11) is 1.85. The molecule has 1 saturated heterocycles. The van der Waals surface area contributed by atoms with Gasteiger partial charge in [0.15, 0.2) is 5.82 Å². The first-order chi connectivity index (χ1) is 10.2. The standard InChI is InChI=1S/C16H23N5/c1-11-7-6-8-12(2)21(11)20-15-13-9-4-5-10-14(13)18-16(17-3)19-15/h4-5,9-12H,6-8H2,1-3H3,(H2,17,18,19,20). The van der Waals surface area contributed by atoms with Gasteiger partial charge in [0.2, 0.25) is 5.95 Å². The Morgan fingerprint density at radius 1 is 1.10 bits per heavy atom. The van der Waals surface area contributed by atoms with E-state index in [0.717, 1.165) is 16.7 Å². The van der Waals surface area contributed by atoms with E-state index < -0.39 is 0 Å². The first-order valence-electron chi connectivity index (χ1n) is 7.68.